The molecule has 0 amide bonds. The van der Waals surface area contributed by atoms with E-state index >= 15 is 0 Å². The van der Waals surface area contributed by atoms with Gasteiger partial charge in [0.05, 0.1) is 25.6 Å². The second-order valence-electron chi connectivity index (χ2n) is 7.28. The van der Waals surface area contributed by atoms with Crippen LogP contribution in [0.1, 0.15) is 11.1 Å². The normalized spacial score (nSPS) is 11.1. The lowest BCUT2D eigenvalue weighted by Crippen LogP contribution is -1.89. The maximum Gasteiger partial charge on any atom is 0.118 e. The molecule has 0 fully saturated rings. The average Bonchev–Trinajstić information content (AvgIpc) is 2.88. The molecule has 5 heteroatoms. The van der Waals surface area contributed by atoms with Crippen LogP contribution >= 0.6 is 0 Å². The minimum atomic E-state index is 0.833. The largest absolute Gasteiger partial charge is 0.497 e. The number of anilines is 2. The van der Waals surface area contributed by atoms with Crippen LogP contribution in [0.4, 0.5) is 22.7 Å². The van der Waals surface area contributed by atoms with E-state index < -0.39 is 0 Å². The maximum absolute atomic E-state index is 5.18. The van der Waals surface area contributed by atoms with Crippen molar-refractivity contribution in [2.75, 3.05) is 19.5 Å². The summed E-state index contributed by atoms with van der Waals surface area (Å²) < 4.78 is 10.4. The van der Waals surface area contributed by atoms with Gasteiger partial charge < -0.3 is 14.8 Å². The monoisotopic (exact) mass is 435 g/mol. The summed E-state index contributed by atoms with van der Waals surface area (Å²) in [4.78, 5) is 9.06. The Bertz CT molecular complexity index is 1110. The third-order valence-electron chi connectivity index (χ3n) is 4.98. The first kappa shape index (κ1) is 21.8. The number of benzene rings is 4. The molecule has 0 aromatic heterocycles. The summed E-state index contributed by atoms with van der Waals surface area (Å²) in [6.07, 6.45) is 3.68. The van der Waals surface area contributed by atoms with Crippen LogP contribution < -0.4 is 14.8 Å². The van der Waals surface area contributed by atoms with E-state index in [4.69, 9.17) is 9.47 Å². The molecule has 5 nitrogen and oxygen atoms in total. The van der Waals surface area contributed by atoms with Gasteiger partial charge in [-0.1, -0.05) is 0 Å². The number of aliphatic imine (C=N–C) groups is 2. The van der Waals surface area contributed by atoms with Gasteiger partial charge in [0.25, 0.3) is 0 Å². The molecule has 0 aliphatic heterocycles. The van der Waals surface area contributed by atoms with Crippen LogP contribution in [0.15, 0.2) is 107 Å². The Kier molecular flexibility index (Phi) is 7.13. The third kappa shape index (κ3) is 6.31. The van der Waals surface area contributed by atoms with Gasteiger partial charge in [-0.15, -0.1) is 0 Å². The second-order valence-corrected chi connectivity index (χ2v) is 7.28. The molecule has 4 aromatic rings. The van der Waals surface area contributed by atoms with E-state index in [1.807, 2.05) is 109 Å². The van der Waals surface area contributed by atoms with E-state index in [9.17, 15) is 0 Å². The zero-order chi connectivity index (χ0) is 22.9. The van der Waals surface area contributed by atoms with E-state index in [-0.39, 0.29) is 0 Å². The number of methoxy groups -OCH3 is 2. The Morgan fingerprint density at radius 1 is 0.515 bits per heavy atom. The van der Waals surface area contributed by atoms with E-state index in [1.54, 1.807) is 14.2 Å². The highest BCUT2D eigenvalue weighted by molar-refractivity contribution is 5.83. The zero-order valence-corrected chi connectivity index (χ0v) is 18.6. The molecule has 0 unspecified atom stereocenters. The molecule has 0 aliphatic rings. The number of hydrogen-bond donors (Lipinski definition) is 1. The van der Waals surface area contributed by atoms with Crippen molar-refractivity contribution in [3.63, 3.8) is 0 Å². The highest BCUT2D eigenvalue weighted by atomic mass is 16.5. The molecule has 0 spiro atoms. The molecular weight excluding hydrogens is 410 g/mol. The van der Waals surface area contributed by atoms with Gasteiger partial charge in [-0.05, 0) is 108 Å². The van der Waals surface area contributed by atoms with E-state index in [1.165, 1.54) is 0 Å². The Labute approximate surface area is 194 Å². The van der Waals surface area contributed by atoms with Gasteiger partial charge in [-0.25, -0.2) is 0 Å². The van der Waals surface area contributed by atoms with Gasteiger partial charge in [0.2, 0.25) is 0 Å². The number of nitrogens with zero attached hydrogens (tertiary/aromatic N) is 2. The topological polar surface area (TPSA) is 55.2 Å². The minimum Gasteiger partial charge on any atom is -0.497 e. The smallest absolute Gasteiger partial charge is 0.118 e. The summed E-state index contributed by atoms with van der Waals surface area (Å²) in [5.74, 6) is 1.67. The molecule has 0 saturated heterocycles. The Balaban J connectivity index is 1.33. The first-order valence-corrected chi connectivity index (χ1v) is 10.6. The molecule has 33 heavy (non-hydrogen) atoms. The fourth-order valence-electron chi connectivity index (χ4n) is 3.11. The lowest BCUT2D eigenvalue weighted by molar-refractivity contribution is 0.414. The van der Waals surface area contributed by atoms with Gasteiger partial charge in [-0.3, -0.25) is 9.98 Å². The van der Waals surface area contributed by atoms with Gasteiger partial charge >= 0.3 is 0 Å². The first-order chi connectivity index (χ1) is 16.2. The predicted molar refractivity (Wildman–Crippen MR) is 137 cm³/mol. The Hall–Kier alpha value is -4.38. The average molecular weight is 436 g/mol. The summed E-state index contributed by atoms with van der Waals surface area (Å²) >= 11 is 0. The molecule has 4 rings (SSSR count). The van der Waals surface area contributed by atoms with Crippen molar-refractivity contribution in [3.05, 3.63) is 108 Å². The molecule has 0 aliphatic carbocycles. The fraction of sp³-hybridized carbons (Fsp3) is 0.0714. The molecule has 0 atom stereocenters. The number of nitrogens with one attached hydrogen (secondary N) is 1. The van der Waals surface area contributed by atoms with E-state index in [0.717, 1.165) is 45.4 Å². The predicted octanol–water partition coefficient (Wildman–Crippen LogP) is 6.95. The van der Waals surface area contributed by atoms with Crippen LogP contribution in [0.3, 0.4) is 0 Å². The molecule has 0 heterocycles. The van der Waals surface area contributed by atoms with Crippen molar-refractivity contribution in [1.29, 1.82) is 0 Å². The van der Waals surface area contributed by atoms with Crippen LogP contribution in [0, 0.1) is 0 Å². The molecule has 164 valence electrons. The molecule has 0 saturated carbocycles. The summed E-state index contributed by atoms with van der Waals surface area (Å²) in [5, 5.41) is 3.40. The molecule has 0 radical (unpaired) electrons. The van der Waals surface area contributed by atoms with E-state index in [0.29, 0.717) is 0 Å². The van der Waals surface area contributed by atoms with Crippen molar-refractivity contribution in [1.82, 2.24) is 0 Å². The fourth-order valence-corrected chi connectivity index (χ4v) is 3.11. The first-order valence-electron chi connectivity index (χ1n) is 10.6. The lowest BCUT2D eigenvalue weighted by Gasteiger charge is -2.07. The maximum atomic E-state index is 5.18. The molecule has 0 bridgehead atoms. The zero-order valence-electron chi connectivity index (χ0n) is 18.6. The highest BCUT2D eigenvalue weighted by Crippen LogP contribution is 2.23. The summed E-state index contributed by atoms with van der Waals surface area (Å²) in [6.45, 7) is 0. The van der Waals surface area contributed by atoms with Crippen molar-refractivity contribution in [2.24, 2.45) is 9.98 Å². The van der Waals surface area contributed by atoms with Crippen molar-refractivity contribution in [2.45, 2.75) is 0 Å². The molecular formula is C28H25N3O2. The van der Waals surface area contributed by atoms with Crippen LogP contribution in [-0.2, 0) is 0 Å². The lowest BCUT2D eigenvalue weighted by atomic mass is 10.2. The number of ether oxygens (including phenoxy) is 2. The van der Waals surface area contributed by atoms with Gasteiger partial charge in [0.1, 0.15) is 11.5 Å². The highest BCUT2D eigenvalue weighted by Gasteiger charge is 1.97. The van der Waals surface area contributed by atoms with Crippen molar-refractivity contribution >= 4 is 35.2 Å². The van der Waals surface area contributed by atoms with Crippen LogP contribution in [0.25, 0.3) is 0 Å². The summed E-state index contributed by atoms with van der Waals surface area (Å²) in [5.41, 5.74) is 5.81. The van der Waals surface area contributed by atoms with Crippen LogP contribution in [-0.4, -0.2) is 26.6 Å². The van der Waals surface area contributed by atoms with Crippen molar-refractivity contribution in [3.8, 4) is 11.5 Å². The van der Waals surface area contributed by atoms with Crippen LogP contribution in [0.5, 0.6) is 11.5 Å². The van der Waals surface area contributed by atoms with Crippen LogP contribution in [0.2, 0.25) is 0 Å². The minimum absolute atomic E-state index is 0.833. The SMILES string of the molecule is COc1ccc(C=Nc2ccc(Nc3ccc(N=Cc4ccc(OC)cc4)cc3)cc2)cc1. The summed E-state index contributed by atoms with van der Waals surface area (Å²) in [7, 11) is 3.32. The quantitative estimate of drug-likeness (QED) is 0.305. The molecule has 1 N–H and O–H groups in total. The van der Waals surface area contributed by atoms with Crippen molar-refractivity contribution < 1.29 is 9.47 Å². The Morgan fingerprint density at radius 3 is 1.21 bits per heavy atom. The Morgan fingerprint density at radius 2 is 0.879 bits per heavy atom. The van der Waals surface area contributed by atoms with Gasteiger partial charge in [0.15, 0.2) is 0 Å². The van der Waals surface area contributed by atoms with Gasteiger partial charge in [-0.2, -0.15) is 0 Å². The van der Waals surface area contributed by atoms with E-state index in [2.05, 4.69) is 15.3 Å². The number of hydrogen-bond acceptors (Lipinski definition) is 5. The van der Waals surface area contributed by atoms with Gasteiger partial charge in [0, 0.05) is 23.8 Å². The second kappa shape index (κ2) is 10.8. The molecule has 4 aromatic carbocycles. The standard InChI is InChI=1S/C28H25N3O2/c1-32-27-15-3-21(4-16-27)19-29-23-7-11-25(12-8-23)31-26-13-9-24(10-14-26)30-20-22-5-17-28(33-2)18-6-22/h3-20,31H,1-2H3. The third-order valence-corrected chi connectivity index (χ3v) is 4.98. The number of rotatable bonds is 8. The summed E-state index contributed by atoms with van der Waals surface area (Å²) in [6, 6.07) is 31.6.